The molecule has 2 heteroatoms. The van der Waals surface area contributed by atoms with Crippen molar-refractivity contribution >= 4 is 0 Å². The lowest BCUT2D eigenvalue weighted by molar-refractivity contribution is 0.199. The Morgan fingerprint density at radius 2 is 2.00 bits per heavy atom. The Hall–Kier alpha value is -1.46. The number of ether oxygens (including phenoxy) is 1. The number of aliphatic hydroxyl groups is 1. The second-order valence-electron chi connectivity index (χ2n) is 2.96. The largest absolute Gasteiger partial charge is 0.481 e. The van der Waals surface area contributed by atoms with Gasteiger partial charge in [0.15, 0.2) is 0 Å². The molecule has 1 rings (SSSR count). The number of aliphatic hydroxyl groups excluding tert-OH is 1. The molecule has 0 aliphatic rings. The summed E-state index contributed by atoms with van der Waals surface area (Å²) < 4.78 is 5.33. The zero-order valence-electron chi connectivity index (χ0n) is 8.45. The molecule has 0 radical (unpaired) electrons. The van der Waals surface area contributed by atoms with Gasteiger partial charge in [-0.2, -0.15) is 0 Å². The van der Waals surface area contributed by atoms with Crippen molar-refractivity contribution in [3.63, 3.8) is 0 Å². The Morgan fingerprint density at radius 1 is 1.36 bits per heavy atom. The van der Waals surface area contributed by atoms with Gasteiger partial charge in [0.1, 0.15) is 12.4 Å². The highest BCUT2D eigenvalue weighted by molar-refractivity contribution is 5.28. The molecule has 0 saturated carbocycles. The number of benzene rings is 1. The Labute approximate surface area is 84.5 Å². The van der Waals surface area contributed by atoms with E-state index in [9.17, 15) is 5.11 Å². The van der Waals surface area contributed by atoms with Crippen LogP contribution in [0.3, 0.4) is 0 Å². The smallest absolute Gasteiger partial charge is 0.149 e. The third kappa shape index (κ3) is 3.12. The zero-order chi connectivity index (χ0) is 10.4. The highest BCUT2D eigenvalue weighted by Crippen LogP contribution is 2.16. The van der Waals surface area contributed by atoms with E-state index in [1.807, 2.05) is 24.3 Å². The van der Waals surface area contributed by atoms with Crippen molar-refractivity contribution in [1.82, 2.24) is 0 Å². The van der Waals surface area contributed by atoms with E-state index in [4.69, 9.17) is 4.74 Å². The van der Waals surface area contributed by atoms with Gasteiger partial charge in [0.25, 0.3) is 0 Å². The average Bonchev–Trinajstić information content (AvgIpc) is 2.19. The monoisotopic (exact) mass is 190 g/mol. The van der Waals surface area contributed by atoms with Crippen LogP contribution in [0.1, 0.15) is 25.5 Å². The van der Waals surface area contributed by atoms with Crippen LogP contribution in [0.25, 0.3) is 0 Å². The summed E-state index contributed by atoms with van der Waals surface area (Å²) in [6.45, 7) is 3.92. The molecule has 1 N–H and O–H groups in total. The SMILES string of the molecule is CC#CCOc1ccc(C(C)O)cc1. The molecule has 1 unspecified atom stereocenters. The molecule has 0 heterocycles. The Kier molecular flexibility index (Phi) is 4.03. The van der Waals surface area contributed by atoms with Gasteiger partial charge in [-0.1, -0.05) is 18.1 Å². The molecular formula is C12H14O2. The highest BCUT2D eigenvalue weighted by Gasteiger charge is 1.99. The molecule has 0 spiro atoms. The minimum atomic E-state index is -0.431. The predicted octanol–water partition coefficient (Wildman–Crippen LogP) is 2.14. The molecule has 1 aromatic rings. The molecule has 1 aromatic carbocycles. The standard InChI is InChI=1S/C12H14O2/c1-3-4-9-14-12-7-5-11(6-8-12)10(2)13/h5-8,10,13H,9H2,1-2H3. The highest BCUT2D eigenvalue weighted by atomic mass is 16.5. The van der Waals surface area contributed by atoms with Gasteiger partial charge < -0.3 is 9.84 Å². The summed E-state index contributed by atoms with van der Waals surface area (Å²) in [6, 6.07) is 7.36. The second kappa shape index (κ2) is 5.31. The average molecular weight is 190 g/mol. The van der Waals surface area contributed by atoms with Crippen LogP contribution < -0.4 is 4.74 Å². The maximum atomic E-state index is 9.27. The minimum Gasteiger partial charge on any atom is -0.481 e. The van der Waals surface area contributed by atoms with E-state index in [2.05, 4.69) is 11.8 Å². The number of hydrogen-bond donors (Lipinski definition) is 1. The molecular weight excluding hydrogens is 176 g/mol. The van der Waals surface area contributed by atoms with Crippen LogP contribution in [0.4, 0.5) is 0 Å². The molecule has 74 valence electrons. The van der Waals surface area contributed by atoms with Gasteiger partial charge in [-0.15, -0.1) is 5.92 Å². The van der Waals surface area contributed by atoms with Gasteiger partial charge in [0.05, 0.1) is 6.10 Å². The van der Waals surface area contributed by atoms with E-state index in [0.29, 0.717) is 6.61 Å². The van der Waals surface area contributed by atoms with Crippen LogP contribution in [0.15, 0.2) is 24.3 Å². The summed E-state index contributed by atoms with van der Waals surface area (Å²) in [7, 11) is 0. The number of hydrogen-bond acceptors (Lipinski definition) is 2. The van der Waals surface area contributed by atoms with Gasteiger partial charge in [-0.3, -0.25) is 0 Å². The molecule has 0 saturated heterocycles. The maximum absolute atomic E-state index is 9.27. The van der Waals surface area contributed by atoms with Crippen LogP contribution in [0, 0.1) is 11.8 Å². The summed E-state index contributed by atoms with van der Waals surface area (Å²) in [5.74, 6) is 6.34. The summed E-state index contributed by atoms with van der Waals surface area (Å²) in [4.78, 5) is 0. The van der Waals surface area contributed by atoms with Gasteiger partial charge >= 0.3 is 0 Å². The van der Waals surface area contributed by atoms with Crippen molar-refractivity contribution in [3.05, 3.63) is 29.8 Å². The fourth-order valence-electron chi connectivity index (χ4n) is 1.03. The Morgan fingerprint density at radius 3 is 2.50 bits per heavy atom. The third-order valence-corrected chi connectivity index (χ3v) is 1.85. The molecule has 1 atom stereocenters. The predicted molar refractivity (Wildman–Crippen MR) is 56.0 cm³/mol. The summed E-state index contributed by atoms with van der Waals surface area (Å²) in [5.41, 5.74) is 0.888. The first-order chi connectivity index (χ1) is 6.74. The molecule has 14 heavy (non-hydrogen) atoms. The maximum Gasteiger partial charge on any atom is 0.149 e. The van der Waals surface area contributed by atoms with Crippen LogP contribution in [-0.4, -0.2) is 11.7 Å². The van der Waals surface area contributed by atoms with Crippen molar-refractivity contribution < 1.29 is 9.84 Å². The Bertz CT molecular complexity index is 328. The van der Waals surface area contributed by atoms with Crippen molar-refractivity contribution in [1.29, 1.82) is 0 Å². The molecule has 0 bridgehead atoms. The van der Waals surface area contributed by atoms with E-state index in [1.54, 1.807) is 13.8 Å². The number of rotatable bonds is 3. The molecule has 0 aromatic heterocycles. The van der Waals surface area contributed by atoms with Gasteiger partial charge in [0.2, 0.25) is 0 Å². The summed E-state index contributed by atoms with van der Waals surface area (Å²) in [5, 5.41) is 9.27. The fourth-order valence-corrected chi connectivity index (χ4v) is 1.03. The zero-order valence-corrected chi connectivity index (χ0v) is 8.45. The lowest BCUT2D eigenvalue weighted by atomic mass is 10.1. The second-order valence-corrected chi connectivity index (χ2v) is 2.96. The third-order valence-electron chi connectivity index (χ3n) is 1.85. The van der Waals surface area contributed by atoms with Crippen LogP contribution in [0.5, 0.6) is 5.75 Å². The normalized spacial score (nSPS) is 11.4. The summed E-state index contributed by atoms with van der Waals surface area (Å²) >= 11 is 0. The quantitative estimate of drug-likeness (QED) is 0.740. The van der Waals surface area contributed by atoms with E-state index in [-0.39, 0.29) is 0 Å². The van der Waals surface area contributed by atoms with Crippen molar-refractivity contribution in [2.45, 2.75) is 20.0 Å². The van der Waals surface area contributed by atoms with Crippen LogP contribution >= 0.6 is 0 Å². The molecule has 0 aliphatic carbocycles. The van der Waals surface area contributed by atoms with Gasteiger partial charge in [0, 0.05) is 0 Å². The van der Waals surface area contributed by atoms with Crippen molar-refractivity contribution in [3.8, 4) is 17.6 Å². The van der Waals surface area contributed by atoms with Gasteiger partial charge in [-0.25, -0.2) is 0 Å². The molecule has 2 nitrogen and oxygen atoms in total. The van der Waals surface area contributed by atoms with Crippen molar-refractivity contribution in [2.75, 3.05) is 6.61 Å². The first kappa shape index (κ1) is 10.6. The first-order valence-corrected chi connectivity index (χ1v) is 4.54. The van der Waals surface area contributed by atoms with Crippen molar-refractivity contribution in [2.24, 2.45) is 0 Å². The topological polar surface area (TPSA) is 29.5 Å². The van der Waals surface area contributed by atoms with E-state index < -0.39 is 6.10 Å². The van der Waals surface area contributed by atoms with E-state index in [0.717, 1.165) is 11.3 Å². The lowest BCUT2D eigenvalue weighted by Crippen LogP contribution is -1.95. The first-order valence-electron chi connectivity index (χ1n) is 4.54. The molecule has 0 fully saturated rings. The van der Waals surface area contributed by atoms with Crippen LogP contribution in [-0.2, 0) is 0 Å². The lowest BCUT2D eigenvalue weighted by Gasteiger charge is -2.06. The molecule has 0 aliphatic heterocycles. The molecule has 0 amide bonds. The van der Waals surface area contributed by atoms with Crippen LogP contribution in [0.2, 0.25) is 0 Å². The minimum absolute atomic E-state index is 0.407. The van der Waals surface area contributed by atoms with E-state index in [1.165, 1.54) is 0 Å². The fraction of sp³-hybridized carbons (Fsp3) is 0.333. The van der Waals surface area contributed by atoms with Gasteiger partial charge in [-0.05, 0) is 31.5 Å². The Balaban J connectivity index is 2.58. The van der Waals surface area contributed by atoms with E-state index >= 15 is 0 Å². The summed E-state index contributed by atoms with van der Waals surface area (Å²) in [6.07, 6.45) is -0.431.